The van der Waals surface area contributed by atoms with Gasteiger partial charge in [0.15, 0.2) is 0 Å². The van der Waals surface area contributed by atoms with Crippen LogP contribution in [0.15, 0.2) is 10.5 Å². The minimum absolute atomic E-state index is 0.00706. The summed E-state index contributed by atoms with van der Waals surface area (Å²) in [6.45, 7) is 12.9. The minimum atomic E-state index is -1.17. The second kappa shape index (κ2) is 5.33. The molecule has 4 heteroatoms. The van der Waals surface area contributed by atoms with E-state index in [0.29, 0.717) is 0 Å². The van der Waals surface area contributed by atoms with Crippen molar-refractivity contribution < 1.29 is 4.43 Å². The molecule has 0 saturated heterocycles. The molecule has 0 fully saturated rings. The van der Waals surface area contributed by atoms with Crippen LogP contribution in [0.25, 0.3) is 0 Å². The van der Waals surface area contributed by atoms with Crippen molar-refractivity contribution in [1.29, 1.82) is 0 Å². The quantitative estimate of drug-likeness (QED) is 0.686. The summed E-state index contributed by atoms with van der Waals surface area (Å²) in [6, 6.07) is 1.97. The first-order valence-electron chi connectivity index (χ1n) is 5.80. The Morgan fingerprint density at radius 2 is 1.82 bits per heavy atom. The molecule has 0 aliphatic rings. The molecule has 0 N–H and O–H groups in total. The molecule has 0 saturated carbocycles. The first-order chi connectivity index (χ1) is 7.64. The number of rotatable bonds is 2. The summed E-state index contributed by atoms with van der Waals surface area (Å²) in [7, 11) is -1.17. The van der Waals surface area contributed by atoms with Crippen molar-refractivity contribution in [3.05, 3.63) is 26.7 Å². The topological polar surface area (TPSA) is 9.23 Å². The summed E-state index contributed by atoms with van der Waals surface area (Å²) in [5, 5.41) is 0.719. The Kier molecular flexibility index (Phi) is 4.72. The van der Waals surface area contributed by atoms with Gasteiger partial charge in [0.25, 0.3) is 0 Å². The molecular formula is C13H20BrClOSi. The third-order valence-electron chi connectivity index (χ3n) is 2.46. The van der Waals surface area contributed by atoms with Gasteiger partial charge in [0.05, 0.1) is 5.02 Å². The van der Waals surface area contributed by atoms with Crippen molar-refractivity contribution in [2.24, 2.45) is 0 Å². The van der Waals surface area contributed by atoms with Gasteiger partial charge < -0.3 is 4.43 Å². The number of hydrogen-bond acceptors (Lipinski definition) is 1. The van der Waals surface area contributed by atoms with Gasteiger partial charge in [-0.3, -0.25) is 0 Å². The summed E-state index contributed by atoms with van der Waals surface area (Å²) in [6.07, 6.45) is 0. The fourth-order valence-electron chi connectivity index (χ4n) is 1.76. The summed E-state index contributed by atoms with van der Waals surface area (Å²) in [5.74, 6) is 0.860. The van der Waals surface area contributed by atoms with E-state index in [9.17, 15) is 0 Å². The maximum atomic E-state index is 6.33. The third-order valence-corrected chi connectivity index (χ3v) is 4.47. The highest BCUT2D eigenvalue weighted by Crippen LogP contribution is 2.43. The van der Waals surface area contributed by atoms with Crippen molar-refractivity contribution in [2.45, 2.75) is 46.2 Å². The molecule has 0 bridgehead atoms. The predicted molar refractivity (Wildman–Crippen MR) is 82.1 cm³/mol. The molecule has 0 aliphatic carbocycles. The molecule has 1 aromatic carbocycles. The maximum absolute atomic E-state index is 6.33. The largest absolute Gasteiger partial charge is 0.546 e. The molecule has 1 aromatic rings. The Morgan fingerprint density at radius 3 is 2.24 bits per heavy atom. The lowest BCUT2D eigenvalue weighted by Gasteiger charge is -2.27. The van der Waals surface area contributed by atoms with Crippen LogP contribution < -0.4 is 4.43 Å². The van der Waals surface area contributed by atoms with Crippen LogP contribution in [0.2, 0.25) is 18.1 Å². The monoisotopic (exact) mass is 334 g/mol. The molecule has 0 aromatic heterocycles. The van der Waals surface area contributed by atoms with E-state index in [1.807, 2.05) is 6.07 Å². The maximum Gasteiger partial charge on any atom is 0.229 e. The Morgan fingerprint density at radius 1 is 1.29 bits per heavy atom. The SMILES string of the molecule is Cc1cc(Cl)c(O[SiH](C)C)c(C(C)(C)C)c1Br. The van der Waals surface area contributed by atoms with E-state index in [0.717, 1.165) is 20.8 Å². The fourth-order valence-corrected chi connectivity index (χ4v) is 3.74. The van der Waals surface area contributed by atoms with Crippen molar-refractivity contribution in [3.8, 4) is 5.75 Å². The lowest BCUT2D eigenvalue weighted by atomic mass is 9.85. The van der Waals surface area contributed by atoms with Crippen LogP contribution in [-0.4, -0.2) is 9.04 Å². The van der Waals surface area contributed by atoms with E-state index < -0.39 is 9.04 Å². The third kappa shape index (κ3) is 3.49. The van der Waals surface area contributed by atoms with Crippen LogP contribution in [0.5, 0.6) is 5.75 Å². The normalized spacial score (nSPS) is 12.1. The molecule has 0 aliphatic heterocycles. The average Bonchev–Trinajstić information content (AvgIpc) is 2.11. The highest BCUT2D eigenvalue weighted by Gasteiger charge is 2.26. The lowest BCUT2D eigenvalue weighted by Crippen LogP contribution is -2.19. The molecule has 0 heterocycles. The molecule has 96 valence electrons. The van der Waals surface area contributed by atoms with Gasteiger partial charge >= 0.3 is 0 Å². The van der Waals surface area contributed by atoms with Crippen molar-refractivity contribution in [3.63, 3.8) is 0 Å². The zero-order valence-corrected chi connectivity index (χ0v) is 14.8. The average molecular weight is 336 g/mol. The smallest absolute Gasteiger partial charge is 0.229 e. The molecule has 0 atom stereocenters. The van der Waals surface area contributed by atoms with Crippen LogP contribution in [-0.2, 0) is 5.41 Å². The van der Waals surface area contributed by atoms with Crippen molar-refractivity contribution >= 4 is 36.6 Å². The summed E-state index contributed by atoms with van der Waals surface area (Å²) in [4.78, 5) is 0. The van der Waals surface area contributed by atoms with E-state index in [1.54, 1.807) is 0 Å². The molecule has 0 unspecified atom stereocenters. The van der Waals surface area contributed by atoms with Gasteiger partial charge in [-0.15, -0.1) is 0 Å². The van der Waals surface area contributed by atoms with Gasteiger partial charge in [-0.25, -0.2) is 0 Å². The molecule has 1 nitrogen and oxygen atoms in total. The number of hydrogen-bond donors (Lipinski definition) is 0. The highest BCUT2D eigenvalue weighted by molar-refractivity contribution is 9.10. The Labute approximate surface area is 119 Å². The molecule has 0 amide bonds. The van der Waals surface area contributed by atoms with E-state index in [4.69, 9.17) is 16.0 Å². The van der Waals surface area contributed by atoms with Gasteiger partial charge in [0, 0.05) is 10.0 Å². The Bertz CT molecular complexity index is 424. The van der Waals surface area contributed by atoms with E-state index in [1.165, 1.54) is 5.56 Å². The van der Waals surface area contributed by atoms with E-state index in [-0.39, 0.29) is 5.41 Å². The first-order valence-corrected chi connectivity index (χ1v) is 9.75. The predicted octanol–water partition coefficient (Wildman–Crippen LogP) is 5.07. The zero-order valence-electron chi connectivity index (χ0n) is 11.3. The second-order valence-corrected chi connectivity index (χ2v) is 9.14. The zero-order chi connectivity index (χ0) is 13.4. The van der Waals surface area contributed by atoms with Crippen LogP contribution in [0, 0.1) is 6.92 Å². The molecule has 1 rings (SSSR count). The van der Waals surface area contributed by atoms with Gasteiger partial charge in [0.1, 0.15) is 5.75 Å². The van der Waals surface area contributed by atoms with Crippen LogP contribution in [0.4, 0.5) is 0 Å². The van der Waals surface area contributed by atoms with Crippen molar-refractivity contribution in [2.75, 3.05) is 0 Å². The van der Waals surface area contributed by atoms with Gasteiger partial charge in [-0.2, -0.15) is 0 Å². The summed E-state index contributed by atoms with van der Waals surface area (Å²) >= 11 is 10.0. The molecule has 17 heavy (non-hydrogen) atoms. The number of benzene rings is 1. The first kappa shape index (κ1) is 15.1. The minimum Gasteiger partial charge on any atom is -0.546 e. The van der Waals surface area contributed by atoms with Crippen molar-refractivity contribution in [1.82, 2.24) is 0 Å². The number of aryl methyl sites for hydroxylation is 1. The lowest BCUT2D eigenvalue weighted by molar-refractivity contribution is 0.518. The Balaban J connectivity index is 3.50. The second-order valence-electron chi connectivity index (χ2n) is 5.61. The molecule has 0 spiro atoms. The highest BCUT2D eigenvalue weighted by atomic mass is 79.9. The standard InChI is InChI=1S/C13H20BrClOSi/c1-8-7-9(15)12(16-17(5)6)10(11(8)14)13(2,3)4/h7,17H,1-6H3. The van der Waals surface area contributed by atoms with Crippen LogP contribution in [0.3, 0.4) is 0 Å². The van der Waals surface area contributed by atoms with Gasteiger partial charge in [0.2, 0.25) is 9.04 Å². The van der Waals surface area contributed by atoms with Gasteiger partial charge in [-0.05, 0) is 37.1 Å². The van der Waals surface area contributed by atoms with Crippen LogP contribution >= 0.6 is 27.5 Å². The molecule has 0 radical (unpaired) electrons. The van der Waals surface area contributed by atoms with E-state index >= 15 is 0 Å². The molecular weight excluding hydrogens is 316 g/mol. The summed E-state index contributed by atoms with van der Waals surface area (Å²) in [5.41, 5.74) is 2.33. The fraction of sp³-hybridized carbons (Fsp3) is 0.538. The summed E-state index contributed by atoms with van der Waals surface area (Å²) < 4.78 is 7.13. The number of halogens is 2. The Hall–Kier alpha value is 0.00688. The van der Waals surface area contributed by atoms with E-state index in [2.05, 4.69) is 56.7 Å². The van der Waals surface area contributed by atoms with Gasteiger partial charge in [-0.1, -0.05) is 48.3 Å². The van der Waals surface area contributed by atoms with Crippen LogP contribution in [0.1, 0.15) is 31.9 Å².